The van der Waals surface area contributed by atoms with E-state index in [4.69, 9.17) is 0 Å². The molecular weight excluding hydrogens is 136 g/mol. The van der Waals surface area contributed by atoms with Gasteiger partial charge in [-0.1, -0.05) is 6.07 Å². The van der Waals surface area contributed by atoms with Crippen LogP contribution in [0.5, 0.6) is 0 Å². The number of benzene rings is 1. The Labute approximate surface area is 65.5 Å². The average Bonchev–Trinajstić information content (AvgIpc) is 2.30. The van der Waals surface area contributed by atoms with Crippen LogP contribution in [-0.2, 0) is 7.05 Å². The van der Waals surface area contributed by atoms with Crippen molar-refractivity contribution in [2.45, 2.75) is 6.92 Å². The molecule has 1 radical (unpaired) electrons. The lowest BCUT2D eigenvalue weighted by Crippen LogP contribution is -1.91. The van der Waals surface area contributed by atoms with Crippen LogP contribution in [0, 0.1) is 13.0 Å². The number of hydrogen-bond donors (Lipinski definition) is 0. The molecule has 0 spiro atoms. The molecule has 0 aliphatic heterocycles. The molecule has 0 N–H and O–H groups in total. The summed E-state index contributed by atoms with van der Waals surface area (Å²) in [7, 11) is 1.95. The number of hydrogen-bond acceptors (Lipinski definition) is 1. The molecule has 0 saturated heterocycles. The first-order valence-electron chi connectivity index (χ1n) is 3.58. The Morgan fingerprint density at radius 2 is 2.36 bits per heavy atom. The predicted octanol–water partition coefficient (Wildman–Crippen LogP) is 1.68. The third-order valence-corrected chi connectivity index (χ3v) is 1.97. The number of rotatable bonds is 0. The molecule has 1 heterocycles. The highest BCUT2D eigenvalue weighted by Crippen LogP contribution is 2.14. The summed E-state index contributed by atoms with van der Waals surface area (Å²) in [5.74, 6) is 0. The topological polar surface area (TPSA) is 17.8 Å². The predicted molar refractivity (Wildman–Crippen MR) is 44.3 cm³/mol. The maximum absolute atomic E-state index is 4.31. The molecule has 0 aliphatic carbocycles. The SMILES string of the molecule is Cc1c2c[c]ccc2nn1C. The second kappa shape index (κ2) is 2.09. The molecule has 0 unspecified atom stereocenters. The van der Waals surface area contributed by atoms with Gasteiger partial charge in [0.15, 0.2) is 0 Å². The molecule has 0 amide bonds. The van der Waals surface area contributed by atoms with Gasteiger partial charge in [-0.25, -0.2) is 0 Å². The van der Waals surface area contributed by atoms with E-state index in [1.165, 1.54) is 11.1 Å². The molecule has 11 heavy (non-hydrogen) atoms. The zero-order valence-electron chi connectivity index (χ0n) is 6.63. The normalized spacial score (nSPS) is 10.7. The van der Waals surface area contributed by atoms with Crippen LogP contribution in [0.2, 0.25) is 0 Å². The molecule has 2 heteroatoms. The summed E-state index contributed by atoms with van der Waals surface area (Å²) in [5, 5.41) is 5.50. The maximum atomic E-state index is 4.31. The number of aryl methyl sites for hydroxylation is 2. The number of nitrogens with zero attached hydrogens (tertiary/aromatic N) is 2. The number of aromatic nitrogens is 2. The van der Waals surface area contributed by atoms with Gasteiger partial charge in [0.05, 0.1) is 5.52 Å². The van der Waals surface area contributed by atoms with Gasteiger partial charge < -0.3 is 0 Å². The standard InChI is InChI=1S/C9H9N2/c1-7-8-5-3-4-6-9(8)10-11(7)2/h4-6H,1-2H3. The fourth-order valence-corrected chi connectivity index (χ4v) is 1.21. The van der Waals surface area contributed by atoms with Gasteiger partial charge in [0.25, 0.3) is 0 Å². The van der Waals surface area contributed by atoms with Crippen molar-refractivity contribution in [3.05, 3.63) is 30.0 Å². The third-order valence-electron chi connectivity index (χ3n) is 1.97. The monoisotopic (exact) mass is 145 g/mol. The summed E-state index contributed by atoms with van der Waals surface area (Å²) < 4.78 is 1.89. The minimum absolute atomic E-state index is 1.05. The highest BCUT2D eigenvalue weighted by Gasteiger charge is 2.01. The highest BCUT2D eigenvalue weighted by atomic mass is 15.3. The van der Waals surface area contributed by atoms with Crippen molar-refractivity contribution < 1.29 is 0 Å². The molecule has 2 aromatic rings. The van der Waals surface area contributed by atoms with Crippen molar-refractivity contribution >= 4 is 10.9 Å². The minimum atomic E-state index is 1.05. The molecule has 0 atom stereocenters. The molecular formula is C9H9N2. The van der Waals surface area contributed by atoms with Crippen LogP contribution in [0.1, 0.15) is 5.69 Å². The van der Waals surface area contributed by atoms with E-state index >= 15 is 0 Å². The van der Waals surface area contributed by atoms with Crippen molar-refractivity contribution in [3.63, 3.8) is 0 Å². The van der Waals surface area contributed by atoms with Crippen molar-refractivity contribution in [3.8, 4) is 0 Å². The van der Waals surface area contributed by atoms with Crippen LogP contribution in [-0.4, -0.2) is 9.78 Å². The van der Waals surface area contributed by atoms with Crippen LogP contribution < -0.4 is 0 Å². The Hall–Kier alpha value is -1.31. The van der Waals surface area contributed by atoms with Crippen molar-refractivity contribution in [1.82, 2.24) is 9.78 Å². The number of fused-ring (bicyclic) bond motifs is 1. The van der Waals surface area contributed by atoms with Crippen molar-refractivity contribution in [2.24, 2.45) is 7.05 Å². The Bertz CT molecular complexity index is 387. The first-order valence-corrected chi connectivity index (χ1v) is 3.58. The van der Waals surface area contributed by atoms with E-state index in [0.717, 1.165) is 5.52 Å². The van der Waals surface area contributed by atoms with Crippen LogP contribution in [0.3, 0.4) is 0 Å². The Balaban J connectivity index is 2.92. The molecule has 0 fully saturated rings. The van der Waals surface area contributed by atoms with E-state index in [1.54, 1.807) is 0 Å². The van der Waals surface area contributed by atoms with E-state index in [0.29, 0.717) is 0 Å². The van der Waals surface area contributed by atoms with Crippen LogP contribution in [0.25, 0.3) is 10.9 Å². The van der Waals surface area contributed by atoms with Gasteiger partial charge >= 0.3 is 0 Å². The average molecular weight is 145 g/mol. The second-order valence-corrected chi connectivity index (χ2v) is 2.65. The highest BCUT2D eigenvalue weighted by molar-refractivity contribution is 5.80. The van der Waals surface area contributed by atoms with Crippen LogP contribution in [0.4, 0.5) is 0 Å². The third kappa shape index (κ3) is 0.827. The summed E-state index contributed by atoms with van der Waals surface area (Å²) >= 11 is 0. The molecule has 0 aliphatic rings. The van der Waals surface area contributed by atoms with E-state index in [9.17, 15) is 0 Å². The van der Waals surface area contributed by atoms with E-state index in [2.05, 4.69) is 18.1 Å². The Kier molecular flexibility index (Phi) is 1.22. The second-order valence-electron chi connectivity index (χ2n) is 2.65. The Morgan fingerprint density at radius 3 is 3.09 bits per heavy atom. The zero-order chi connectivity index (χ0) is 7.84. The summed E-state index contributed by atoms with van der Waals surface area (Å²) in [5.41, 5.74) is 2.24. The first kappa shape index (κ1) is 6.40. The van der Waals surface area contributed by atoms with Gasteiger partial charge in [-0.2, -0.15) is 5.10 Å². The van der Waals surface area contributed by atoms with Crippen molar-refractivity contribution in [2.75, 3.05) is 0 Å². The van der Waals surface area contributed by atoms with Gasteiger partial charge in [0.2, 0.25) is 0 Å². The lowest BCUT2D eigenvalue weighted by molar-refractivity contribution is 0.751. The van der Waals surface area contributed by atoms with Gasteiger partial charge in [-0.3, -0.25) is 4.68 Å². The summed E-state index contributed by atoms with van der Waals surface area (Å²) in [6, 6.07) is 8.86. The van der Waals surface area contributed by atoms with E-state index in [1.807, 2.05) is 29.9 Å². The Morgan fingerprint density at radius 1 is 1.55 bits per heavy atom. The molecule has 2 rings (SSSR count). The van der Waals surface area contributed by atoms with Gasteiger partial charge in [-0.05, 0) is 25.1 Å². The van der Waals surface area contributed by atoms with Gasteiger partial charge in [0.1, 0.15) is 0 Å². The van der Waals surface area contributed by atoms with Crippen LogP contribution in [0.15, 0.2) is 18.2 Å². The molecule has 0 saturated carbocycles. The van der Waals surface area contributed by atoms with Gasteiger partial charge in [0, 0.05) is 18.1 Å². The first-order chi connectivity index (χ1) is 5.29. The fraction of sp³-hybridized carbons (Fsp3) is 0.222. The van der Waals surface area contributed by atoms with Crippen LogP contribution >= 0.6 is 0 Å². The van der Waals surface area contributed by atoms with E-state index in [-0.39, 0.29) is 0 Å². The maximum Gasteiger partial charge on any atom is 0.0926 e. The summed E-state index contributed by atoms with van der Waals surface area (Å²) in [6.45, 7) is 2.06. The summed E-state index contributed by atoms with van der Waals surface area (Å²) in [6.07, 6.45) is 0. The van der Waals surface area contributed by atoms with Gasteiger partial charge in [-0.15, -0.1) is 0 Å². The summed E-state index contributed by atoms with van der Waals surface area (Å²) in [4.78, 5) is 0. The molecule has 2 nitrogen and oxygen atoms in total. The molecule has 1 aromatic carbocycles. The zero-order valence-corrected chi connectivity index (χ0v) is 6.63. The van der Waals surface area contributed by atoms with Crippen molar-refractivity contribution in [1.29, 1.82) is 0 Å². The molecule has 0 bridgehead atoms. The molecule has 1 aromatic heterocycles. The smallest absolute Gasteiger partial charge is 0.0926 e. The largest absolute Gasteiger partial charge is 0.272 e. The molecule has 55 valence electrons. The minimum Gasteiger partial charge on any atom is -0.272 e. The lowest BCUT2D eigenvalue weighted by Gasteiger charge is -1.89. The van der Waals surface area contributed by atoms with E-state index < -0.39 is 0 Å². The lowest BCUT2D eigenvalue weighted by atomic mass is 10.2. The fourth-order valence-electron chi connectivity index (χ4n) is 1.21. The quantitative estimate of drug-likeness (QED) is 0.551.